The fourth-order valence-electron chi connectivity index (χ4n) is 1.88. The Morgan fingerprint density at radius 3 is 2.84 bits per heavy atom. The number of nitrogens with one attached hydrogen (secondary N) is 1. The highest BCUT2D eigenvalue weighted by Gasteiger charge is 2.15. The summed E-state index contributed by atoms with van der Waals surface area (Å²) in [7, 11) is 0. The van der Waals surface area contributed by atoms with E-state index in [1.807, 2.05) is 11.8 Å². The monoisotopic (exact) mass is 278 g/mol. The van der Waals surface area contributed by atoms with Crippen molar-refractivity contribution in [2.45, 2.75) is 18.9 Å². The molecule has 3 heterocycles. The van der Waals surface area contributed by atoms with Gasteiger partial charge in [0, 0.05) is 6.04 Å². The molecule has 2 aromatic rings. The van der Waals surface area contributed by atoms with Crippen LogP contribution in [0.4, 0.5) is 11.9 Å². The Balaban J connectivity index is 1.81. The fourth-order valence-corrected chi connectivity index (χ4v) is 2.99. The maximum absolute atomic E-state index is 5.70. The van der Waals surface area contributed by atoms with E-state index in [0.29, 0.717) is 17.9 Å². The highest BCUT2D eigenvalue weighted by atomic mass is 32.2. The van der Waals surface area contributed by atoms with Crippen molar-refractivity contribution >= 4 is 23.7 Å². The van der Waals surface area contributed by atoms with Gasteiger partial charge in [-0.2, -0.15) is 36.5 Å². The van der Waals surface area contributed by atoms with Gasteiger partial charge in [-0.15, -0.1) is 0 Å². The lowest BCUT2D eigenvalue weighted by molar-refractivity contribution is 0.657. The number of hydrogen-bond acceptors (Lipinski definition) is 8. The van der Waals surface area contributed by atoms with Gasteiger partial charge in [-0.3, -0.25) is 0 Å². The van der Waals surface area contributed by atoms with Gasteiger partial charge in [0.1, 0.15) is 12.7 Å². The normalized spacial score (nSPS) is 16.4. The van der Waals surface area contributed by atoms with Crippen molar-refractivity contribution < 1.29 is 0 Å². The Morgan fingerprint density at radius 1 is 1.26 bits per heavy atom. The van der Waals surface area contributed by atoms with Crippen LogP contribution < -0.4 is 11.1 Å². The Bertz CT molecular complexity index is 536. The quantitative estimate of drug-likeness (QED) is 0.827. The minimum Gasteiger partial charge on any atom is -0.368 e. The number of nitrogen functional groups attached to an aromatic ring is 1. The molecule has 1 saturated heterocycles. The molecule has 3 N–H and O–H groups in total. The zero-order chi connectivity index (χ0) is 13.1. The van der Waals surface area contributed by atoms with Gasteiger partial charge in [0.05, 0.1) is 0 Å². The number of hydrogen-bond donors (Lipinski definition) is 2. The van der Waals surface area contributed by atoms with Crippen molar-refractivity contribution in [3.05, 3.63) is 12.7 Å². The van der Waals surface area contributed by atoms with Crippen LogP contribution in [-0.2, 0) is 0 Å². The molecule has 3 rings (SSSR count). The van der Waals surface area contributed by atoms with Gasteiger partial charge in [0.2, 0.25) is 11.9 Å². The van der Waals surface area contributed by atoms with E-state index in [1.54, 1.807) is 0 Å². The second-order valence-electron chi connectivity index (χ2n) is 4.19. The van der Waals surface area contributed by atoms with Gasteiger partial charge in [0.15, 0.2) is 0 Å². The van der Waals surface area contributed by atoms with Crippen molar-refractivity contribution in [1.82, 2.24) is 29.7 Å². The Hall–Kier alpha value is -1.90. The van der Waals surface area contributed by atoms with Crippen molar-refractivity contribution in [2.24, 2.45) is 0 Å². The summed E-state index contributed by atoms with van der Waals surface area (Å²) in [5.41, 5.74) is 5.70. The average molecular weight is 278 g/mol. The predicted octanol–water partition coefficient (Wildman–Crippen LogP) is 0.342. The Morgan fingerprint density at radius 2 is 2.11 bits per heavy atom. The summed E-state index contributed by atoms with van der Waals surface area (Å²) in [5, 5.41) is 7.29. The molecule has 1 aliphatic rings. The molecule has 0 aromatic carbocycles. The second kappa shape index (κ2) is 5.39. The molecule has 19 heavy (non-hydrogen) atoms. The molecular weight excluding hydrogens is 264 g/mol. The summed E-state index contributed by atoms with van der Waals surface area (Å²) in [6.45, 7) is 0. The van der Waals surface area contributed by atoms with Crippen molar-refractivity contribution in [3.8, 4) is 5.95 Å². The first kappa shape index (κ1) is 12.2. The molecule has 2 aromatic heterocycles. The van der Waals surface area contributed by atoms with Gasteiger partial charge in [-0.05, 0) is 24.3 Å². The van der Waals surface area contributed by atoms with Gasteiger partial charge in [0.25, 0.3) is 5.95 Å². The van der Waals surface area contributed by atoms with Crippen LogP contribution >= 0.6 is 11.8 Å². The average Bonchev–Trinajstić information content (AvgIpc) is 2.93. The summed E-state index contributed by atoms with van der Waals surface area (Å²) in [4.78, 5) is 16.3. The highest BCUT2D eigenvalue weighted by molar-refractivity contribution is 7.99. The molecular formula is C10H14N8S. The lowest BCUT2D eigenvalue weighted by Crippen LogP contribution is -2.26. The summed E-state index contributed by atoms with van der Waals surface area (Å²) >= 11 is 1.97. The highest BCUT2D eigenvalue weighted by Crippen LogP contribution is 2.19. The van der Waals surface area contributed by atoms with Crippen LogP contribution in [0.1, 0.15) is 12.8 Å². The predicted molar refractivity (Wildman–Crippen MR) is 73.1 cm³/mol. The van der Waals surface area contributed by atoms with E-state index >= 15 is 0 Å². The largest absolute Gasteiger partial charge is 0.368 e. The molecule has 1 fully saturated rings. The smallest absolute Gasteiger partial charge is 0.258 e. The standard InChI is InChI=1S/C10H14N8S/c11-8-15-9(14-7-1-3-19-4-2-7)17-10(16-8)18-6-12-5-13-18/h5-7H,1-4H2,(H3,11,14,15,16,17). The number of aromatic nitrogens is 6. The SMILES string of the molecule is Nc1nc(NC2CCSCC2)nc(-n2cncn2)n1. The van der Waals surface area contributed by atoms with Crippen LogP contribution in [0.25, 0.3) is 5.95 Å². The van der Waals surface area contributed by atoms with Crippen LogP contribution in [0, 0.1) is 0 Å². The summed E-state index contributed by atoms with van der Waals surface area (Å²) in [6.07, 6.45) is 5.16. The second-order valence-corrected chi connectivity index (χ2v) is 5.41. The topological polar surface area (TPSA) is 107 Å². The Kier molecular flexibility index (Phi) is 3.45. The maximum atomic E-state index is 5.70. The molecule has 0 radical (unpaired) electrons. The molecule has 9 heteroatoms. The van der Waals surface area contributed by atoms with Gasteiger partial charge in [-0.25, -0.2) is 4.98 Å². The number of nitrogens with two attached hydrogens (primary N) is 1. The van der Waals surface area contributed by atoms with Crippen LogP contribution in [-0.4, -0.2) is 47.3 Å². The van der Waals surface area contributed by atoms with Crippen molar-refractivity contribution in [1.29, 1.82) is 0 Å². The minimum atomic E-state index is 0.174. The number of thioether (sulfide) groups is 1. The van der Waals surface area contributed by atoms with E-state index in [4.69, 9.17) is 5.73 Å². The molecule has 100 valence electrons. The van der Waals surface area contributed by atoms with Gasteiger partial charge >= 0.3 is 0 Å². The third kappa shape index (κ3) is 2.92. The van der Waals surface area contributed by atoms with Gasteiger partial charge in [-0.1, -0.05) is 0 Å². The van der Waals surface area contributed by atoms with Crippen LogP contribution in [0.15, 0.2) is 12.7 Å². The third-order valence-corrected chi connectivity index (χ3v) is 3.87. The zero-order valence-corrected chi connectivity index (χ0v) is 11.0. The van der Waals surface area contributed by atoms with E-state index in [1.165, 1.54) is 17.3 Å². The first-order chi connectivity index (χ1) is 9.31. The lowest BCUT2D eigenvalue weighted by atomic mass is 10.2. The third-order valence-electron chi connectivity index (χ3n) is 2.82. The van der Waals surface area contributed by atoms with Crippen LogP contribution in [0.3, 0.4) is 0 Å². The van der Waals surface area contributed by atoms with Crippen molar-refractivity contribution in [3.63, 3.8) is 0 Å². The van der Waals surface area contributed by atoms with Gasteiger partial charge < -0.3 is 11.1 Å². The number of rotatable bonds is 3. The fraction of sp³-hybridized carbons (Fsp3) is 0.500. The molecule has 0 spiro atoms. The van der Waals surface area contributed by atoms with E-state index in [-0.39, 0.29) is 5.95 Å². The van der Waals surface area contributed by atoms with Crippen LogP contribution in [0.2, 0.25) is 0 Å². The molecule has 0 amide bonds. The Labute approximate surface area is 114 Å². The zero-order valence-electron chi connectivity index (χ0n) is 10.2. The van der Waals surface area contributed by atoms with E-state index in [2.05, 4.69) is 30.4 Å². The maximum Gasteiger partial charge on any atom is 0.258 e. The molecule has 8 nitrogen and oxygen atoms in total. The first-order valence-electron chi connectivity index (χ1n) is 6.02. The van der Waals surface area contributed by atoms with Crippen LogP contribution in [0.5, 0.6) is 0 Å². The molecule has 0 unspecified atom stereocenters. The molecule has 0 bridgehead atoms. The molecule has 0 saturated carbocycles. The first-order valence-corrected chi connectivity index (χ1v) is 7.17. The molecule has 0 aliphatic carbocycles. The summed E-state index contributed by atoms with van der Waals surface area (Å²) < 4.78 is 1.46. The van der Waals surface area contributed by atoms with E-state index in [9.17, 15) is 0 Å². The van der Waals surface area contributed by atoms with E-state index < -0.39 is 0 Å². The number of anilines is 2. The van der Waals surface area contributed by atoms with E-state index in [0.717, 1.165) is 24.3 Å². The summed E-state index contributed by atoms with van der Waals surface area (Å²) in [5.74, 6) is 3.36. The lowest BCUT2D eigenvalue weighted by Gasteiger charge is -2.22. The molecule has 1 aliphatic heterocycles. The molecule has 0 atom stereocenters. The number of nitrogens with zero attached hydrogens (tertiary/aromatic N) is 6. The minimum absolute atomic E-state index is 0.174. The van der Waals surface area contributed by atoms with Crippen molar-refractivity contribution in [2.75, 3.05) is 22.6 Å². The summed E-state index contributed by atoms with van der Waals surface area (Å²) in [6, 6.07) is 0.395.